The number of hydrogen-bond acceptors (Lipinski definition) is 3. The van der Waals surface area contributed by atoms with Gasteiger partial charge in [-0.2, -0.15) is 0 Å². The molecule has 0 aliphatic heterocycles. The summed E-state index contributed by atoms with van der Waals surface area (Å²) in [4.78, 5) is 0. The van der Waals surface area contributed by atoms with E-state index in [1.54, 1.807) is 0 Å². The molecular weight excluding hydrogens is 306 g/mol. The predicted octanol–water partition coefficient (Wildman–Crippen LogP) is 3.02. The molecule has 0 bridgehead atoms. The van der Waals surface area contributed by atoms with E-state index in [9.17, 15) is 5.11 Å². The Morgan fingerprint density at radius 2 is 1.89 bits per heavy atom. The zero-order valence-corrected chi connectivity index (χ0v) is 12.0. The van der Waals surface area contributed by atoms with Crippen LogP contribution in [0.1, 0.15) is 17.2 Å². The van der Waals surface area contributed by atoms with E-state index >= 15 is 0 Å². The van der Waals surface area contributed by atoms with Crippen LogP contribution < -0.4 is 10.5 Å². The normalized spacial score (nSPS) is 12.2. The molecule has 0 radical (unpaired) electrons. The van der Waals surface area contributed by atoms with Gasteiger partial charge in [0.1, 0.15) is 12.4 Å². The number of aliphatic hydroxyl groups excluding tert-OH is 1. The highest BCUT2D eigenvalue weighted by molar-refractivity contribution is 9.10. The maximum Gasteiger partial charge on any atom is 0.126 e. The number of hydrogen-bond donors (Lipinski definition) is 2. The Morgan fingerprint density at radius 3 is 2.58 bits per heavy atom. The van der Waals surface area contributed by atoms with E-state index < -0.39 is 6.10 Å². The van der Waals surface area contributed by atoms with E-state index in [0.29, 0.717) is 17.9 Å². The quantitative estimate of drug-likeness (QED) is 0.890. The maximum atomic E-state index is 9.88. The van der Waals surface area contributed by atoms with Gasteiger partial charge < -0.3 is 15.6 Å². The van der Waals surface area contributed by atoms with Crippen LogP contribution in [0, 0.1) is 0 Å². The van der Waals surface area contributed by atoms with Gasteiger partial charge in [-0.05, 0) is 17.7 Å². The first-order chi connectivity index (χ1) is 9.20. The highest BCUT2D eigenvalue weighted by atomic mass is 79.9. The van der Waals surface area contributed by atoms with E-state index in [2.05, 4.69) is 15.9 Å². The second kappa shape index (κ2) is 6.70. The summed E-state index contributed by atoms with van der Waals surface area (Å²) < 4.78 is 6.69. The third-order valence-corrected chi connectivity index (χ3v) is 3.29. The second-order valence-corrected chi connectivity index (χ2v) is 5.12. The molecule has 0 unspecified atom stereocenters. The third-order valence-electron chi connectivity index (χ3n) is 2.80. The van der Waals surface area contributed by atoms with Gasteiger partial charge in [-0.15, -0.1) is 0 Å². The van der Waals surface area contributed by atoms with Crippen molar-refractivity contribution in [1.29, 1.82) is 0 Å². The fourth-order valence-electron chi connectivity index (χ4n) is 1.77. The molecule has 0 aromatic heterocycles. The monoisotopic (exact) mass is 321 g/mol. The lowest BCUT2D eigenvalue weighted by molar-refractivity contribution is 0.178. The smallest absolute Gasteiger partial charge is 0.126 e. The first-order valence-corrected chi connectivity index (χ1v) is 6.84. The third kappa shape index (κ3) is 3.80. The van der Waals surface area contributed by atoms with Gasteiger partial charge in [0, 0.05) is 16.6 Å². The summed E-state index contributed by atoms with van der Waals surface area (Å²) in [6.45, 7) is 0.630. The van der Waals surface area contributed by atoms with Crippen LogP contribution in [0.25, 0.3) is 0 Å². The minimum Gasteiger partial charge on any atom is -0.488 e. The molecule has 0 aliphatic rings. The fraction of sp³-hybridized carbons (Fsp3) is 0.200. The lowest BCUT2D eigenvalue weighted by Gasteiger charge is -2.15. The summed E-state index contributed by atoms with van der Waals surface area (Å²) in [5.74, 6) is 0.649. The topological polar surface area (TPSA) is 55.5 Å². The van der Waals surface area contributed by atoms with Crippen LogP contribution in [-0.4, -0.2) is 11.7 Å². The molecule has 0 saturated carbocycles. The predicted molar refractivity (Wildman–Crippen MR) is 78.9 cm³/mol. The number of benzene rings is 2. The van der Waals surface area contributed by atoms with Crippen molar-refractivity contribution in [2.45, 2.75) is 12.7 Å². The van der Waals surface area contributed by atoms with Crippen molar-refractivity contribution in [2.24, 2.45) is 5.73 Å². The Hall–Kier alpha value is -1.36. The number of rotatable bonds is 5. The molecule has 0 aliphatic carbocycles. The zero-order valence-electron chi connectivity index (χ0n) is 10.4. The molecule has 3 N–H and O–H groups in total. The van der Waals surface area contributed by atoms with Crippen molar-refractivity contribution in [3.05, 3.63) is 64.1 Å². The van der Waals surface area contributed by atoms with Crippen molar-refractivity contribution in [1.82, 2.24) is 0 Å². The fourth-order valence-corrected chi connectivity index (χ4v) is 2.11. The SMILES string of the molecule is NC[C@H](O)c1ccc(Br)cc1OCc1ccccc1. The van der Waals surface area contributed by atoms with Crippen molar-refractivity contribution >= 4 is 15.9 Å². The van der Waals surface area contributed by atoms with Gasteiger partial charge in [0.15, 0.2) is 0 Å². The lowest BCUT2D eigenvalue weighted by Crippen LogP contribution is -2.13. The summed E-state index contributed by atoms with van der Waals surface area (Å²) >= 11 is 3.40. The minimum atomic E-state index is -0.709. The molecule has 2 aromatic carbocycles. The summed E-state index contributed by atoms with van der Waals surface area (Å²) in [5, 5.41) is 9.88. The molecule has 2 rings (SSSR count). The maximum absolute atomic E-state index is 9.88. The van der Waals surface area contributed by atoms with E-state index in [0.717, 1.165) is 10.0 Å². The van der Waals surface area contributed by atoms with E-state index in [-0.39, 0.29) is 6.54 Å². The number of halogens is 1. The zero-order chi connectivity index (χ0) is 13.7. The molecule has 100 valence electrons. The number of ether oxygens (including phenoxy) is 1. The summed E-state index contributed by atoms with van der Waals surface area (Å²) in [6.07, 6.45) is -0.709. The number of aliphatic hydroxyl groups is 1. The van der Waals surface area contributed by atoms with Crippen molar-refractivity contribution in [3.8, 4) is 5.75 Å². The Balaban J connectivity index is 2.16. The molecule has 0 amide bonds. The van der Waals surface area contributed by atoms with Crippen LogP contribution in [-0.2, 0) is 6.61 Å². The van der Waals surface area contributed by atoms with Gasteiger partial charge in [0.05, 0.1) is 6.10 Å². The molecule has 0 fully saturated rings. The minimum absolute atomic E-state index is 0.170. The van der Waals surface area contributed by atoms with Crippen molar-refractivity contribution in [3.63, 3.8) is 0 Å². The molecule has 1 atom stereocenters. The van der Waals surface area contributed by atoms with Crippen LogP contribution >= 0.6 is 15.9 Å². The molecule has 4 heteroatoms. The number of nitrogens with two attached hydrogens (primary N) is 1. The van der Waals surface area contributed by atoms with Gasteiger partial charge in [-0.25, -0.2) is 0 Å². The van der Waals surface area contributed by atoms with E-state index in [1.807, 2.05) is 48.5 Å². The Bertz CT molecular complexity index is 531. The van der Waals surface area contributed by atoms with Gasteiger partial charge in [0.25, 0.3) is 0 Å². The first-order valence-electron chi connectivity index (χ1n) is 6.05. The van der Waals surface area contributed by atoms with Gasteiger partial charge >= 0.3 is 0 Å². The van der Waals surface area contributed by atoms with Crippen LogP contribution in [0.3, 0.4) is 0 Å². The Labute approximate surface area is 121 Å². The van der Waals surface area contributed by atoms with E-state index in [4.69, 9.17) is 10.5 Å². The molecule has 3 nitrogen and oxygen atoms in total. The van der Waals surface area contributed by atoms with Gasteiger partial charge in [0.2, 0.25) is 0 Å². The van der Waals surface area contributed by atoms with Crippen molar-refractivity contribution < 1.29 is 9.84 Å². The first kappa shape index (κ1) is 14.1. The van der Waals surface area contributed by atoms with Crippen LogP contribution in [0.2, 0.25) is 0 Å². The highest BCUT2D eigenvalue weighted by Gasteiger charge is 2.12. The molecule has 2 aromatic rings. The molecule has 0 saturated heterocycles. The standard InChI is InChI=1S/C15H16BrNO2/c16-12-6-7-13(14(18)9-17)15(8-12)19-10-11-4-2-1-3-5-11/h1-8,14,18H,9-10,17H2/t14-/m0/s1. The summed E-state index contributed by atoms with van der Waals surface area (Å²) in [5.41, 5.74) is 7.29. The average molecular weight is 322 g/mol. The Kier molecular flexibility index (Phi) is 4.96. The largest absolute Gasteiger partial charge is 0.488 e. The van der Waals surface area contributed by atoms with Crippen LogP contribution in [0.15, 0.2) is 53.0 Å². The highest BCUT2D eigenvalue weighted by Crippen LogP contribution is 2.29. The van der Waals surface area contributed by atoms with Crippen molar-refractivity contribution in [2.75, 3.05) is 6.54 Å². The van der Waals surface area contributed by atoms with Crippen LogP contribution in [0.5, 0.6) is 5.75 Å². The average Bonchev–Trinajstić information content (AvgIpc) is 2.45. The second-order valence-electron chi connectivity index (χ2n) is 4.21. The lowest BCUT2D eigenvalue weighted by atomic mass is 10.1. The summed E-state index contributed by atoms with van der Waals surface area (Å²) in [6, 6.07) is 15.4. The Morgan fingerprint density at radius 1 is 1.16 bits per heavy atom. The van der Waals surface area contributed by atoms with E-state index in [1.165, 1.54) is 0 Å². The molecule has 0 heterocycles. The van der Waals surface area contributed by atoms with Crippen LogP contribution in [0.4, 0.5) is 0 Å². The van der Waals surface area contributed by atoms with Gasteiger partial charge in [-0.3, -0.25) is 0 Å². The molecular formula is C15H16BrNO2. The molecule has 0 spiro atoms. The van der Waals surface area contributed by atoms with Gasteiger partial charge in [-0.1, -0.05) is 52.3 Å². The summed E-state index contributed by atoms with van der Waals surface area (Å²) in [7, 11) is 0. The molecule has 19 heavy (non-hydrogen) atoms.